The average Bonchev–Trinajstić information content (AvgIpc) is 3.69. The molecule has 85 heavy (non-hydrogen) atoms. The Balaban J connectivity index is 1.63. The summed E-state index contributed by atoms with van der Waals surface area (Å²) < 4.78 is 22.9. The van der Waals surface area contributed by atoms with Gasteiger partial charge in [-0.3, -0.25) is 4.79 Å². The van der Waals surface area contributed by atoms with E-state index in [0.717, 1.165) is 51.4 Å². The Morgan fingerprint density at radius 1 is 0.376 bits per heavy atom. The maximum atomic E-state index is 13.4. The summed E-state index contributed by atoms with van der Waals surface area (Å²) in [6, 6.07) is -0.824. The number of unbranched alkanes of at least 4 members (excludes halogenated alkanes) is 49. The van der Waals surface area contributed by atoms with Crippen molar-refractivity contribution in [2.45, 2.75) is 428 Å². The molecule has 0 aromatic heterocycles. The van der Waals surface area contributed by atoms with E-state index in [2.05, 4.69) is 19.2 Å². The van der Waals surface area contributed by atoms with Crippen LogP contribution < -0.4 is 5.32 Å². The van der Waals surface area contributed by atoms with E-state index in [0.29, 0.717) is 12.8 Å². The Hall–Kier alpha value is -1.01. The average molecular weight is 1210 g/mol. The molecule has 14 nitrogen and oxygen atoms in total. The highest BCUT2D eigenvalue weighted by Gasteiger charge is 2.51. The van der Waals surface area contributed by atoms with Crippen LogP contribution in [0.4, 0.5) is 0 Å². The van der Waals surface area contributed by atoms with Crippen molar-refractivity contribution in [3.8, 4) is 0 Å². The molecule has 2 aliphatic heterocycles. The molecule has 0 aromatic carbocycles. The van der Waals surface area contributed by atoms with Crippen molar-refractivity contribution in [2.24, 2.45) is 0 Å². The number of aliphatic hydroxyl groups is 8. The number of hydrogen-bond acceptors (Lipinski definition) is 13. The quantitative estimate of drug-likeness (QED) is 0.0259. The highest BCUT2D eigenvalue weighted by molar-refractivity contribution is 5.76. The van der Waals surface area contributed by atoms with E-state index < -0.39 is 86.8 Å². The van der Waals surface area contributed by atoms with Gasteiger partial charge in [-0.1, -0.05) is 335 Å². The molecule has 0 radical (unpaired) electrons. The van der Waals surface area contributed by atoms with Gasteiger partial charge in [0.15, 0.2) is 12.6 Å². The third-order valence-electron chi connectivity index (χ3n) is 18.6. The Bertz CT molecular complexity index is 1430. The highest BCUT2D eigenvalue weighted by atomic mass is 16.7. The van der Waals surface area contributed by atoms with E-state index in [-0.39, 0.29) is 12.5 Å². The summed E-state index contributed by atoms with van der Waals surface area (Å²) in [5, 5.41) is 87.7. The molecule has 14 heteroatoms. The molecule has 12 unspecified atom stereocenters. The number of ether oxygens (including phenoxy) is 4. The molecular weight excluding hydrogens is 1070 g/mol. The maximum absolute atomic E-state index is 13.4. The van der Waals surface area contributed by atoms with Crippen molar-refractivity contribution in [3.63, 3.8) is 0 Å². The van der Waals surface area contributed by atoms with Crippen LogP contribution in [0.2, 0.25) is 0 Å². The first-order valence-electron chi connectivity index (χ1n) is 36.8. The lowest BCUT2D eigenvalue weighted by molar-refractivity contribution is -0.359. The zero-order valence-electron chi connectivity index (χ0n) is 55.1. The monoisotopic (exact) mass is 1210 g/mol. The van der Waals surface area contributed by atoms with Gasteiger partial charge in [-0.2, -0.15) is 0 Å². The SMILES string of the molecule is CCCCCCCCCCCCCCCCCCCCCCCCCCCCCCCC(=O)NC(COC1OC(CO)C(OC2OC(CO)C(O)C(O)C2O)C(O)C1O)C(O)CCCCCCCCCCCCCCCCCCCCCCCC. The second-order valence-electron chi connectivity index (χ2n) is 26.4. The van der Waals surface area contributed by atoms with Crippen LogP contribution >= 0.6 is 0 Å². The molecule has 12 atom stereocenters. The molecule has 2 rings (SSSR count). The van der Waals surface area contributed by atoms with Crippen molar-refractivity contribution in [3.05, 3.63) is 0 Å². The Morgan fingerprint density at radius 2 is 0.671 bits per heavy atom. The second-order valence-corrected chi connectivity index (χ2v) is 26.4. The van der Waals surface area contributed by atoms with Gasteiger partial charge in [0, 0.05) is 6.42 Å². The lowest BCUT2D eigenvalue weighted by Gasteiger charge is -2.46. The zero-order chi connectivity index (χ0) is 61.6. The molecule has 2 heterocycles. The highest BCUT2D eigenvalue weighted by Crippen LogP contribution is 2.30. The van der Waals surface area contributed by atoms with Crippen LogP contribution in [0, 0.1) is 0 Å². The number of carbonyl (C=O) groups is 1. The van der Waals surface area contributed by atoms with E-state index in [1.54, 1.807) is 0 Å². The summed E-state index contributed by atoms with van der Waals surface area (Å²) in [6.45, 7) is 2.94. The lowest BCUT2D eigenvalue weighted by Crippen LogP contribution is -2.65. The first kappa shape index (κ1) is 80.1. The van der Waals surface area contributed by atoms with Gasteiger partial charge in [0.25, 0.3) is 0 Å². The molecule has 506 valence electrons. The minimum Gasteiger partial charge on any atom is -0.394 e. The predicted molar refractivity (Wildman–Crippen MR) is 346 cm³/mol. The van der Waals surface area contributed by atoms with Crippen LogP contribution in [0.3, 0.4) is 0 Å². The number of amides is 1. The maximum Gasteiger partial charge on any atom is 0.220 e. The number of aliphatic hydroxyl groups excluding tert-OH is 8. The fraction of sp³-hybridized carbons (Fsp3) is 0.986. The topological polar surface area (TPSA) is 228 Å². The van der Waals surface area contributed by atoms with Gasteiger partial charge in [-0.05, 0) is 12.8 Å². The normalized spacial score (nSPS) is 23.4. The molecule has 2 aliphatic rings. The molecule has 0 saturated carbocycles. The van der Waals surface area contributed by atoms with Crippen molar-refractivity contribution in [1.29, 1.82) is 0 Å². The van der Waals surface area contributed by atoms with E-state index in [4.69, 9.17) is 18.9 Å². The van der Waals surface area contributed by atoms with E-state index in [1.807, 2.05) is 0 Å². The van der Waals surface area contributed by atoms with Crippen LogP contribution in [0.15, 0.2) is 0 Å². The van der Waals surface area contributed by atoms with Gasteiger partial charge in [0.2, 0.25) is 5.91 Å². The van der Waals surface area contributed by atoms with Gasteiger partial charge < -0.3 is 65.1 Å². The largest absolute Gasteiger partial charge is 0.394 e. The van der Waals surface area contributed by atoms with Gasteiger partial charge in [-0.15, -0.1) is 0 Å². The van der Waals surface area contributed by atoms with Crippen LogP contribution in [0.5, 0.6) is 0 Å². The first-order chi connectivity index (χ1) is 41.6. The smallest absolute Gasteiger partial charge is 0.220 e. The van der Waals surface area contributed by atoms with Crippen LogP contribution in [0.1, 0.15) is 354 Å². The summed E-state index contributed by atoms with van der Waals surface area (Å²) in [6.07, 6.45) is 51.3. The first-order valence-corrected chi connectivity index (χ1v) is 36.8. The third kappa shape index (κ3) is 41.2. The Labute approximate surface area is 521 Å². The minimum atomic E-state index is -1.78. The van der Waals surface area contributed by atoms with Gasteiger partial charge in [0.05, 0.1) is 32.0 Å². The Kier molecular flexibility index (Phi) is 53.6. The predicted octanol–water partition coefficient (Wildman–Crippen LogP) is 15.2. The van der Waals surface area contributed by atoms with E-state index >= 15 is 0 Å². The minimum absolute atomic E-state index is 0.196. The number of hydrogen-bond donors (Lipinski definition) is 9. The fourth-order valence-electron chi connectivity index (χ4n) is 12.7. The number of rotatable bonds is 62. The van der Waals surface area contributed by atoms with Gasteiger partial charge in [-0.25, -0.2) is 0 Å². The van der Waals surface area contributed by atoms with Crippen LogP contribution in [-0.4, -0.2) is 140 Å². The fourth-order valence-corrected chi connectivity index (χ4v) is 12.7. The van der Waals surface area contributed by atoms with E-state index in [9.17, 15) is 45.6 Å². The van der Waals surface area contributed by atoms with Gasteiger partial charge >= 0.3 is 0 Å². The molecule has 9 N–H and O–H groups in total. The standard InChI is InChI=1S/C71H139NO13/c1-3-5-7-9-11-13-15-17-19-21-23-25-27-28-29-30-31-32-33-35-37-39-41-43-45-47-49-51-53-55-63(76)72-59(58-82-70-68(81)66(79)69(62(57-74)84-70)85-71-67(80)65(78)64(77)61(56-73)83-71)60(75)54-52-50-48-46-44-42-40-38-36-34-26-24-22-20-18-16-14-12-10-8-6-4-2/h59-62,64-71,73-75,77-81H,3-58H2,1-2H3,(H,72,76). The summed E-state index contributed by atoms with van der Waals surface area (Å²) in [4.78, 5) is 13.4. The van der Waals surface area contributed by atoms with Crippen molar-refractivity contribution >= 4 is 5.91 Å². The summed E-state index contributed by atoms with van der Waals surface area (Å²) >= 11 is 0. The lowest BCUT2D eigenvalue weighted by atomic mass is 9.97. The second kappa shape index (κ2) is 56.9. The molecule has 0 spiro atoms. The van der Waals surface area contributed by atoms with Crippen molar-refractivity contribution in [2.75, 3.05) is 19.8 Å². The Morgan fingerprint density at radius 3 is 1.00 bits per heavy atom. The molecule has 0 bridgehead atoms. The molecule has 2 saturated heterocycles. The summed E-state index contributed by atoms with van der Waals surface area (Å²) in [7, 11) is 0. The zero-order valence-corrected chi connectivity index (χ0v) is 55.1. The number of carbonyl (C=O) groups excluding carboxylic acids is 1. The van der Waals surface area contributed by atoms with Crippen LogP contribution in [0.25, 0.3) is 0 Å². The summed E-state index contributed by atoms with van der Waals surface area (Å²) in [5.41, 5.74) is 0. The van der Waals surface area contributed by atoms with Gasteiger partial charge in [0.1, 0.15) is 48.8 Å². The molecule has 0 aromatic rings. The van der Waals surface area contributed by atoms with Crippen molar-refractivity contribution < 1.29 is 64.6 Å². The van der Waals surface area contributed by atoms with Crippen LogP contribution in [-0.2, 0) is 23.7 Å². The molecule has 1 amide bonds. The summed E-state index contributed by atoms with van der Waals surface area (Å²) in [5.74, 6) is -0.196. The van der Waals surface area contributed by atoms with E-state index in [1.165, 1.54) is 276 Å². The molecule has 2 fully saturated rings. The number of nitrogens with one attached hydrogen (secondary N) is 1. The molecular formula is C71H139NO13. The molecule has 0 aliphatic carbocycles. The van der Waals surface area contributed by atoms with Crippen molar-refractivity contribution in [1.82, 2.24) is 5.32 Å². The third-order valence-corrected chi connectivity index (χ3v) is 18.6.